The van der Waals surface area contributed by atoms with E-state index in [2.05, 4.69) is 21.2 Å². The van der Waals surface area contributed by atoms with Crippen LogP contribution < -0.4 is 15.0 Å². The Morgan fingerprint density at radius 2 is 2.00 bits per heavy atom. The molecule has 0 aromatic heterocycles. The van der Waals surface area contributed by atoms with Gasteiger partial charge in [0.1, 0.15) is 5.75 Å². The molecule has 0 aliphatic carbocycles. The smallest absolute Gasteiger partial charge is 0.227 e. The van der Waals surface area contributed by atoms with Gasteiger partial charge in [-0.25, -0.2) is 0 Å². The predicted molar refractivity (Wildman–Crippen MR) is 104 cm³/mol. The molecule has 26 heavy (non-hydrogen) atoms. The number of rotatable bonds is 5. The molecule has 6 heteroatoms. The molecule has 1 N–H and O–H groups in total. The summed E-state index contributed by atoms with van der Waals surface area (Å²) in [7, 11) is 1.59. The number of nitrogens with one attached hydrogen (secondary N) is 1. The normalized spacial score (nSPS) is 17.9. The molecule has 1 aliphatic heterocycles. The second-order valence-corrected chi connectivity index (χ2v) is 7.30. The molecular weight excluding hydrogens is 396 g/mol. The molecule has 0 unspecified atom stereocenters. The van der Waals surface area contributed by atoms with Crippen molar-refractivity contribution in [1.29, 1.82) is 0 Å². The summed E-state index contributed by atoms with van der Waals surface area (Å²) in [6.07, 6.45) is 0.218. The molecule has 0 spiro atoms. The van der Waals surface area contributed by atoms with Gasteiger partial charge in [-0.3, -0.25) is 9.59 Å². The zero-order chi connectivity index (χ0) is 18.7. The SMILES string of the molecule is COc1cccc(N2C[C@@H](C(=O)N[C@@H](C)c3ccc(Br)cc3)CC2=O)c1. The molecule has 2 atom stereocenters. The number of ether oxygens (including phenoxy) is 1. The van der Waals surface area contributed by atoms with Gasteiger partial charge in [-0.1, -0.05) is 34.1 Å². The average Bonchev–Trinajstić information content (AvgIpc) is 3.04. The minimum atomic E-state index is -0.355. The van der Waals surface area contributed by atoms with Crippen molar-refractivity contribution in [1.82, 2.24) is 5.32 Å². The molecule has 3 rings (SSSR count). The topological polar surface area (TPSA) is 58.6 Å². The van der Waals surface area contributed by atoms with E-state index in [-0.39, 0.29) is 30.2 Å². The summed E-state index contributed by atoms with van der Waals surface area (Å²) in [5, 5.41) is 3.01. The number of methoxy groups -OCH3 is 1. The molecule has 1 saturated heterocycles. The first-order valence-corrected chi connectivity index (χ1v) is 9.27. The van der Waals surface area contributed by atoms with Crippen molar-refractivity contribution in [3.63, 3.8) is 0 Å². The van der Waals surface area contributed by atoms with E-state index in [4.69, 9.17) is 4.74 Å². The minimum Gasteiger partial charge on any atom is -0.497 e. The maximum absolute atomic E-state index is 12.6. The summed E-state index contributed by atoms with van der Waals surface area (Å²) in [5.41, 5.74) is 1.78. The largest absolute Gasteiger partial charge is 0.497 e. The molecule has 2 aromatic carbocycles. The number of nitrogens with zero attached hydrogens (tertiary/aromatic N) is 1. The molecule has 0 radical (unpaired) electrons. The van der Waals surface area contributed by atoms with Crippen molar-refractivity contribution in [3.8, 4) is 5.75 Å². The molecule has 1 aliphatic rings. The van der Waals surface area contributed by atoms with Crippen LogP contribution in [0, 0.1) is 5.92 Å². The van der Waals surface area contributed by atoms with Gasteiger partial charge in [0.25, 0.3) is 0 Å². The lowest BCUT2D eigenvalue weighted by molar-refractivity contribution is -0.126. The molecule has 0 bridgehead atoms. The monoisotopic (exact) mass is 416 g/mol. The van der Waals surface area contributed by atoms with Crippen LogP contribution in [0.5, 0.6) is 5.75 Å². The number of halogens is 1. The van der Waals surface area contributed by atoms with Crippen LogP contribution >= 0.6 is 15.9 Å². The molecule has 0 saturated carbocycles. The summed E-state index contributed by atoms with van der Waals surface area (Å²) in [4.78, 5) is 26.6. The Balaban J connectivity index is 1.65. The summed E-state index contributed by atoms with van der Waals surface area (Å²) < 4.78 is 6.21. The third kappa shape index (κ3) is 4.07. The highest BCUT2D eigenvalue weighted by Crippen LogP contribution is 2.28. The van der Waals surface area contributed by atoms with Crippen molar-refractivity contribution in [2.24, 2.45) is 5.92 Å². The molecule has 5 nitrogen and oxygen atoms in total. The zero-order valence-electron chi connectivity index (χ0n) is 14.7. The van der Waals surface area contributed by atoms with Crippen LogP contribution in [0.25, 0.3) is 0 Å². The van der Waals surface area contributed by atoms with Crippen LogP contribution in [0.1, 0.15) is 24.9 Å². The fourth-order valence-electron chi connectivity index (χ4n) is 3.08. The van der Waals surface area contributed by atoms with Crippen molar-refractivity contribution in [2.45, 2.75) is 19.4 Å². The van der Waals surface area contributed by atoms with E-state index < -0.39 is 0 Å². The maximum Gasteiger partial charge on any atom is 0.227 e. The number of amides is 2. The van der Waals surface area contributed by atoms with Gasteiger partial charge in [-0.2, -0.15) is 0 Å². The third-order valence-electron chi connectivity index (χ3n) is 4.59. The Bertz CT molecular complexity index is 807. The van der Waals surface area contributed by atoms with Crippen LogP contribution in [0.2, 0.25) is 0 Å². The fraction of sp³-hybridized carbons (Fsp3) is 0.300. The van der Waals surface area contributed by atoms with Gasteiger partial charge in [-0.15, -0.1) is 0 Å². The Hall–Kier alpha value is -2.34. The lowest BCUT2D eigenvalue weighted by Crippen LogP contribution is -2.34. The van der Waals surface area contributed by atoms with Crippen LogP contribution in [0.15, 0.2) is 53.0 Å². The Morgan fingerprint density at radius 1 is 1.27 bits per heavy atom. The summed E-state index contributed by atoms with van der Waals surface area (Å²) >= 11 is 3.41. The number of hydrogen-bond donors (Lipinski definition) is 1. The van der Waals surface area contributed by atoms with Gasteiger partial charge in [0.2, 0.25) is 11.8 Å². The highest BCUT2D eigenvalue weighted by atomic mass is 79.9. The first kappa shape index (κ1) is 18.5. The maximum atomic E-state index is 12.6. The van der Waals surface area contributed by atoms with E-state index in [9.17, 15) is 9.59 Å². The predicted octanol–water partition coefficient (Wildman–Crippen LogP) is 3.69. The van der Waals surface area contributed by atoms with Crippen molar-refractivity contribution < 1.29 is 14.3 Å². The van der Waals surface area contributed by atoms with E-state index in [1.807, 2.05) is 55.5 Å². The lowest BCUT2D eigenvalue weighted by atomic mass is 10.1. The number of hydrogen-bond acceptors (Lipinski definition) is 3. The highest BCUT2D eigenvalue weighted by molar-refractivity contribution is 9.10. The van der Waals surface area contributed by atoms with Crippen LogP contribution in [-0.4, -0.2) is 25.5 Å². The number of carbonyl (C=O) groups is 2. The standard InChI is InChI=1S/C20H21BrN2O3/c1-13(14-6-8-16(21)9-7-14)22-20(25)15-10-19(24)23(12-15)17-4-3-5-18(11-17)26-2/h3-9,11,13,15H,10,12H2,1-2H3,(H,22,25)/t13-,15-/m0/s1. The van der Waals surface area contributed by atoms with Crippen molar-refractivity contribution in [3.05, 3.63) is 58.6 Å². The molecule has 1 heterocycles. The van der Waals surface area contributed by atoms with E-state index in [0.717, 1.165) is 15.7 Å². The molecule has 136 valence electrons. The van der Waals surface area contributed by atoms with Gasteiger partial charge >= 0.3 is 0 Å². The molecule has 2 amide bonds. The third-order valence-corrected chi connectivity index (χ3v) is 5.12. The van der Waals surface area contributed by atoms with Gasteiger partial charge in [-0.05, 0) is 36.8 Å². The summed E-state index contributed by atoms with van der Waals surface area (Å²) in [5.74, 6) is 0.188. The highest BCUT2D eigenvalue weighted by Gasteiger charge is 2.35. The zero-order valence-corrected chi connectivity index (χ0v) is 16.3. The van der Waals surface area contributed by atoms with Gasteiger partial charge in [0, 0.05) is 29.2 Å². The molecule has 2 aromatic rings. The van der Waals surface area contributed by atoms with E-state index in [1.54, 1.807) is 12.0 Å². The molecular formula is C20H21BrN2O3. The number of anilines is 1. The van der Waals surface area contributed by atoms with Gasteiger partial charge in [0.05, 0.1) is 19.1 Å². The van der Waals surface area contributed by atoms with Gasteiger partial charge < -0.3 is 15.0 Å². The average molecular weight is 417 g/mol. The fourth-order valence-corrected chi connectivity index (χ4v) is 3.34. The first-order chi connectivity index (χ1) is 12.5. The van der Waals surface area contributed by atoms with Crippen LogP contribution in [0.3, 0.4) is 0 Å². The Morgan fingerprint density at radius 3 is 2.69 bits per heavy atom. The van der Waals surface area contributed by atoms with E-state index in [1.165, 1.54) is 0 Å². The Kier molecular flexibility index (Phi) is 5.61. The van der Waals surface area contributed by atoms with E-state index in [0.29, 0.717) is 12.3 Å². The summed E-state index contributed by atoms with van der Waals surface area (Å²) in [6, 6.07) is 15.0. The number of carbonyl (C=O) groups excluding carboxylic acids is 2. The summed E-state index contributed by atoms with van der Waals surface area (Å²) in [6.45, 7) is 2.32. The van der Waals surface area contributed by atoms with Gasteiger partial charge in [0.15, 0.2) is 0 Å². The second kappa shape index (κ2) is 7.91. The number of benzene rings is 2. The second-order valence-electron chi connectivity index (χ2n) is 6.39. The minimum absolute atomic E-state index is 0.0466. The van der Waals surface area contributed by atoms with Crippen molar-refractivity contribution in [2.75, 3.05) is 18.6 Å². The lowest BCUT2D eigenvalue weighted by Gasteiger charge is -2.19. The van der Waals surface area contributed by atoms with Crippen LogP contribution in [0.4, 0.5) is 5.69 Å². The van der Waals surface area contributed by atoms with E-state index >= 15 is 0 Å². The Labute approximate surface area is 161 Å². The quantitative estimate of drug-likeness (QED) is 0.808. The van der Waals surface area contributed by atoms with Crippen molar-refractivity contribution >= 4 is 33.4 Å². The molecule has 1 fully saturated rings. The van der Waals surface area contributed by atoms with Crippen LogP contribution in [-0.2, 0) is 9.59 Å². The first-order valence-electron chi connectivity index (χ1n) is 8.48.